The first-order valence-electron chi connectivity index (χ1n) is 4.30. The molecule has 4 nitrogen and oxygen atoms in total. The Bertz CT molecular complexity index is 279. The van der Waals surface area contributed by atoms with Crippen molar-refractivity contribution < 1.29 is 9.18 Å². The maximum Gasteiger partial charge on any atom is 0.315 e. The van der Waals surface area contributed by atoms with Crippen molar-refractivity contribution in [3.05, 3.63) is 30.1 Å². The lowest BCUT2D eigenvalue weighted by Gasteiger charge is -2.04. The van der Waals surface area contributed by atoms with Crippen LogP contribution in [0.3, 0.4) is 0 Å². The highest BCUT2D eigenvalue weighted by molar-refractivity contribution is 5.73. The van der Waals surface area contributed by atoms with Gasteiger partial charge in [0.2, 0.25) is 0 Å². The summed E-state index contributed by atoms with van der Waals surface area (Å²) < 4.78 is 11.7. The van der Waals surface area contributed by atoms with Crippen LogP contribution in [0.5, 0.6) is 0 Å². The van der Waals surface area contributed by atoms with Gasteiger partial charge in [-0.05, 0) is 12.1 Å². The van der Waals surface area contributed by atoms with Crippen LogP contribution in [-0.4, -0.2) is 24.2 Å². The fourth-order valence-electron chi connectivity index (χ4n) is 0.897. The quantitative estimate of drug-likeness (QED) is 0.751. The molecule has 0 aromatic carbocycles. The van der Waals surface area contributed by atoms with E-state index >= 15 is 0 Å². The molecule has 0 aliphatic rings. The van der Waals surface area contributed by atoms with E-state index in [9.17, 15) is 9.18 Å². The van der Waals surface area contributed by atoms with E-state index in [0.29, 0.717) is 6.54 Å². The molecule has 1 aromatic rings. The number of halogens is 1. The van der Waals surface area contributed by atoms with E-state index in [4.69, 9.17) is 0 Å². The molecular weight excluding hydrogens is 185 g/mol. The number of hydrogen-bond acceptors (Lipinski definition) is 2. The molecule has 0 spiro atoms. The molecule has 0 unspecified atom stereocenters. The highest BCUT2D eigenvalue weighted by Gasteiger charge is 1.98. The van der Waals surface area contributed by atoms with Gasteiger partial charge in [-0.1, -0.05) is 6.07 Å². The monoisotopic (exact) mass is 197 g/mol. The second kappa shape index (κ2) is 5.90. The third-order valence-corrected chi connectivity index (χ3v) is 1.54. The number of hydrogen-bond donors (Lipinski definition) is 2. The van der Waals surface area contributed by atoms with Gasteiger partial charge in [-0.3, -0.25) is 4.98 Å². The zero-order chi connectivity index (χ0) is 10.2. The zero-order valence-corrected chi connectivity index (χ0v) is 7.66. The summed E-state index contributed by atoms with van der Waals surface area (Å²) in [5.41, 5.74) is 0.767. The molecule has 0 saturated heterocycles. The van der Waals surface area contributed by atoms with E-state index in [1.807, 2.05) is 6.07 Å². The summed E-state index contributed by atoms with van der Waals surface area (Å²) >= 11 is 0. The van der Waals surface area contributed by atoms with Crippen LogP contribution in [0.2, 0.25) is 0 Å². The van der Waals surface area contributed by atoms with Crippen LogP contribution in [0.15, 0.2) is 24.4 Å². The van der Waals surface area contributed by atoms with Gasteiger partial charge in [0.05, 0.1) is 12.2 Å². The van der Waals surface area contributed by atoms with Crippen LogP contribution in [0.1, 0.15) is 5.69 Å². The Morgan fingerprint density at radius 1 is 1.43 bits per heavy atom. The fraction of sp³-hybridized carbons (Fsp3) is 0.333. The van der Waals surface area contributed by atoms with E-state index in [1.165, 1.54) is 0 Å². The second-order valence-corrected chi connectivity index (χ2v) is 2.62. The minimum Gasteiger partial charge on any atom is -0.336 e. The topological polar surface area (TPSA) is 54.0 Å². The molecule has 1 rings (SSSR count). The van der Waals surface area contributed by atoms with Crippen LogP contribution in [0.4, 0.5) is 9.18 Å². The number of pyridine rings is 1. The number of carbonyl (C=O) groups excluding carboxylic acids is 1. The summed E-state index contributed by atoms with van der Waals surface area (Å²) in [6.07, 6.45) is 1.65. The molecule has 0 saturated carbocycles. The highest BCUT2D eigenvalue weighted by atomic mass is 19.1. The van der Waals surface area contributed by atoms with E-state index in [2.05, 4.69) is 15.6 Å². The molecule has 0 atom stereocenters. The Balaban J connectivity index is 2.24. The summed E-state index contributed by atoms with van der Waals surface area (Å²) in [5, 5.41) is 4.90. The van der Waals surface area contributed by atoms with Crippen molar-refractivity contribution in [2.75, 3.05) is 13.2 Å². The van der Waals surface area contributed by atoms with Crippen molar-refractivity contribution >= 4 is 6.03 Å². The van der Waals surface area contributed by atoms with Gasteiger partial charge in [-0.2, -0.15) is 0 Å². The summed E-state index contributed by atoms with van der Waals surface area (Å²) in [6.45, 7) is -0.177. The number of nitrogens with one attached hydrogen (secondary N) is 2. The maximum absolute atomic E-state index is 11.7. The molecule has 2 N–H and O–H groups in total. The van der Waals surface area contributed by atoms with E-state index < -0.39 is 6.67 Å². The lowest BCUT2D eigenvalue weighted by Crippen LogP contribution is -2.36. The van der Waals surface area contributed by atoms with E-state index in [0.717, 1.165) is 5.69 Å². The van der Waals surface area contributed by atoms with Crippen LogP contribution >= 0.6 is 0 Å². The van der Waals surface area contributed by atoms with Crippen LogP contribution < -0.4 is 10.6 Å². The average Bonchev–Trinajstić information content (AvgIpc) is 2.25. The van der Waals surface area contributed by atoms with Crippen molar-refractivity contribution in [2.45, 2.75) is 6.54 Å². The minimum absolute atomic E-state index is 0.0358. The number of aromatic nitrogens is 1. The summed E-state index contributed by atoms with van der Waals surface area (Å²) in [6, 6.07) is 5.05. The Kier molecular flexibility index (Phi) is 4.40. The molecule has 0 bridgehead atoms. The molecule has 0 fully saturated rings. The fourth-order valence-corrected chi connectivity index (χ4v) is 0.897. The van der Waals surface area contributed by atoms with Gasteiger partial charge in [0.15, 0.2) is 0 Å². The normalized spacial score (nSPS) is 9.50. The second-order valence-electron chi connectivity index (χ2n) is 2.62. The van der Waals surface area contributed by atoms with Crippen LogP contribution in [-0.2, 0) is 6.54 Å². The van der Waals surface area contributed by atoms with Gasteiger partial charge in [-0.25, -0.2) is 9.18 Å². The number of carbonyl (C=O) groups is 1. The van der Waals surface area contributed by atoms with Crippen molar-refractivity contribution in [1.29, 1.82) is 0 Å². The molecule has 0 radical (unpaired) electrons. The number of nitrogens with zero attached hydrogens (tertiary/aromatic N) is 1. The molecule has 5 heteroatoms. The van der Waals surface area contributed by atoms with E-state index in [-0.39, 0.29) is 12.6 Å². The third kappa shape index (κ3) is 3.84. The maximum atomic E-state index is 11.7. The predicted molar refractivity (Wildman–Crippen MR) is 50.5 cm³/mol. The van der Waals surface area contributed by atoms with Gasteiger partial charge in [0.25, 0.3) is 0 Å². The molecule has 2 amide bonds. The molecule has 1 aromatic heterocycles. The van der Waals surface area contributed by atoms with Crippen molar-refractivity contribution in [2.24, 2.45) is 0 Å². The number of alkyl halides is 1. The SMILES string of the molecule is O=C(NCCF)NCc1ccccn1. The van der Waals surface area contributed by atoms with E-state index in [1.54, 1.807) is 18.3 Å². The first kappa shape index (κ1) is 10.4. The van der Waals surface area contributed by atoms with Gasteiger partial charge in [0, 0.05) is 12.7 Å². The van der Waals surface area contributed by atoms with Crippen LogP contribution in [0.25, 0.3) is 0 Å². The first-order valence-corrected chi connectivity index (χ1v) is 4.30. The minimum atomic E-state index is -0.559. The molecule has 76 valence electrons. The smallest absolute Gasteiger partial charge is 0.315 e. The van der Waals surface area contributed by atoms with Gasteiger partial charge in [0.1, 0.15) is 6.67 Å². The van der Waals surface area contributed by atoms with Crippen molar-refractivity contribution in [3.8, 4) is 0 Å². The summed E-state index contributed by atoms with van der Waals surface area (Å²) in [7, 11) is 0. The van der Waals surface area contributed by atoms with Gasteiger partial charge in [-0.15, -0.1) is 0 Å². The lowest BCUT2D eigenvalue weighted by molar-refractivity contribution is 0.239. The number of urea groups is 1. The molecular formula is C9H12FN3O. The summed E-state index contributed by atoms with van der Waals surface area (Å²) in [4.78, 5) is 15.0. The Morgan fingerprint density at radius 2 is 2.29 bits per heavy atom. The number of amides is 2. The van der Waals surface area contributed by atoms with Gasteiger partial charge >= 0.3 is 6.03 Å². The third-order valence-electron chi connectivity index (χ3n) is 1.54. The molecule has 0 aliphatic heterocycles. The molecule has 1 heterocycles. The highest BCUT2D eigenvalue weighted by Crippen LogP contribution is 1.91. The van der Waals surface area contributed by atoms with Crippen molar-refractivity contribution in [3.63, 3.8) is 0 Å². The number of rotatable bonds is 4. The Hall–Kier alpha value is -1.65. The van der Waals surface area contributed by atoms with Gasteiger partial charge < -0.3 is 10.6 Å². The molecule has 14 heavy (non-hydrogen) atoms. The zero-order valence-electron chi connectivity index (χ0n) is 7.66. The lowest BCUT2D eigenvalue weighted by atomic mass is 10.3. The van der Waals surface area contributed by atoms with Crippen LogP contribution in [0, 0.1) is 0 Å². The van der Waals surface area contributed by atoms with Crippen molar-refractivity contribution in [1.82, 2.24) is 15.6 Å². The Morgan fingerprint density at radius 3 is 2.93 bits per heavy atom. The Labute approximate surface area is 81.5 Å². The predicted octanol–water partition coefficient (Wildman–Crippen LogP) is 0.850. The first-order chi connectivity index (χ1) is 6.83. The largest absolute Gasteiger partial charge is 0.336 e. The molecule has 0 aliphatic carbocycles. The average molecular weight is 197 g/mol. The standard InChI is InChI=1S/C9H12FN3O/c10-4-6-12-9(14)13-7-8-3-1-2-5-11-8/h1-3,5H,4,6-7H2,(H2,12,13,14). The summed E-state index contributed by atoms with van der Waals surface area (Å²) in [5.74, 6) is 0.